The quantitative estimate of drug-likeness (QED) is 0.538. The van der Waals surface area contributed by atoms with Crippen LogP contribution in [-0.4, -0.2) is 39.4 Å². The van der Waals surface area contributed by atoms with Gasteiger partial charge in [0.25, 0.3) is 5.56 Å². The Labute approximate surface area is 140 Å². The molecule has 1 saturated carbocycles. The molecule has 1 amide bonds. The van der Waals surface area contributed by atoms with Crippen LogP contribution in [0.1, 0.15) is 43.9 Å². The molecule has 1 aliphatic carbocycles. The Hall–Kier alpha value is -1.34. The number of carbonyl (C=O) groups excluding carboxylic acids is 1. The number of hydrogen-bond acceptors (Lipinski definition) is 5. The molecule has 6 nitrogen and oxygen atoms in total. The Balaban J connectivity index is 1.90. The van der Waals surface area contributed by atoms with Crippen molar-refractivity contribution in [2.45, 2.75) is 57.1 Å². The SMILES string of the molecule is Cc1nc(SCC(=O)N[C@@H]2CCCC[C@H]2C)[nH]c(=O)c1CCO. The van der Waals surface area contributed by atoms with Crippen molar-refractivity contribution in [1.29, 1.82) is 0 Å². The Morgan fingerprint density at radius 2 is 2.17 bits per heavy atom. The lowest BCUT2D eigenvalue weighted by Crippen LogP contribution is -2.41. The summed E-state index contributed by atoms with van der Waals surface area (Å²) in [6.45, 7) is 3.84. The van der Waals surface area contributed by atoms with Crippen molar-refractivity contribution in [3.63, 3.8) is 0 Å². The van der Waals surface area contributed by atoms with Crippen LogP contribution < -0.4 is 10.9 Å². The maximum Gasteiger partial charge on any atom is 0.255 e. The van der Waals surface area contributed by atoms with Crippen LogP contribution in [0, 0.1) is 12.8 Å². The summed E-state index contributed by atoms with van der Waals surface area (Å²) in [6.07, 6.45) is 4.91. The summed E-state index contributed by atoms with van der Waals surface area (Å²) < 4.78 is 0. The summed E-state index contributed by atoms with van der Waals surface area (Å²) in [6, 6.07) is 0.262. The fraction of sp³-hybridized carbons (Fsp3) is 0.688. The molecule has 1 aliphatic rings. The summed E-state index contributed by atoms with van der Waals surface area (Å²) in [5, 5.41) is 12.5. The van der Waals surface area contributed by atoms with Crippen molar-refractivity contribution in [2.24, 2.45) is 5.92 Å². The van der Waals surface area contributed by atoms with Crippen molar-refractivity contribution in [3.8, 4) is 0 Å². The fourth-order valence-electron chi connectivity index (χ4n) is 2.97. The van der Waals surface area contributed by atoms with E-state index in [2.05, 4.69) is 22.2 Å². The fourth-order valence-corrected chi connectivity index (χ4v) is 3.69. The Kier molecular flexibility index (Phi) is 6.65. The van der Waals surface area contributed by atoms with Crippen LogP contribution in [0.5, 0.6) is 0 Å². The van der Waals surface area contributed by atoms with E-state index < -0.39 is 0 Å². The first-order valence-electron chi connectivity index (χ1n) is 8.14. The predicted molar refractivity (Wildman–Crippen MR) is 90.7 cm³/mol. The molecule has 1 heterocycles. The second kappa shape index (κ2) is 8.49. The van der Waals surface area contributed by atoms with Crippen LogP contribution >= 0.6 is 11.8 Å². The van der Waals surface area contributed by atoms with Crippen LogP contribution in [0.15, 0.2) is 9.95 Å². The van der Waals surface area contributed by atoms with E-state index in [0.717, 1.165) is 6.42 Å². The molecule has 2 atom stereocenters. The van der Waals surface area contributed by atoms with Gasteiger partial charge >= 0.3 is 0 Å². The van der Waals surface area contributed by atoms with Crippen LogP contribution in [0.2, 0.25) is 0 Å². The number of H-pyrrole nitrogens is 1. The molecule has 0 saturated heterocycles. The number of amides is 1. The van der Waals surface area contributed by atoms with Gasteiger partial charge in [-0.15, -0.1) is 0 Å². The van der Waals surface area contributed by atoms with Gasteiger partial charge in [0.2, 0.25) is 5.91 Å². The largest absolute Gasteiger partial charge is 0.396 e. The zero-order valence-corrected chi connectivity index (χ0v) is 14.5. The number of nitrogens with one attached hydrogen (secondary N) is 2. The summed E-state index contributed by atoms with van der Waals surface area (Å²) in [7, 11) is 0. The van der Waals surface area contributed by atoms with E-state index in [1.54, 1.807) is 6.92 Å². The number of aliphatic hydroxyl groups excluding tert-OH is 1. The second-order valence-electron chi connectivity index (χ2n) is 6.13. The smallest absolute Gasteiger partial charge is 0.255 e. The molecule has 1 fully saturated rings. The van der Waals surface area contributed by atoms with E-state index in [4.69, 9.17) is 5.11 Å². The zero-order valence-electron chi connectivity index (χ0n) is 13.7. The van der Waals surface area contributed by atoms with Gasteiger partial charge in [0.1, 0.15) is 0 Å². The van der Waals surface area contributed by atoms with E-state index in [9.17, 15) is 9.59 Å². The molecule has 0 radical (unpaired) electrons. The number of aromatic amines is 1. The third kappa shape index (κ3) is 5.07. The van der Waals surface area contributed by atoms with Gasteiger partial charge < -0.3 is 15.4 Å². The first-order valence-corrected chi connectivity index (χ1v) is 9.12. The van der Waals surface area contributed by atoms with Gasteiger partial charge in [0.15, 0.2) is 5.16 Å². The molecule has 0 spiro atoms. The Morgan fingerprint density at radius 1 is 1.43 bits per heavy atom. The Morgan fingerprint density at radius 3 is 2.83 bits per heavy atom. The number of aromatic nitrogens is 2. The van der Waals surface area contributed by atoms with Gasteiger partial charge in [-0.2, -0.15) is 0 Å². The van der Waals surface area contributed by atoms with Gasteiger partial charge in [-0.05, 0) is 25.7 Å². The van der Waals surface area contributed by atoms with E-state index in [-0.39, 0.29) is 29.9 Å². The van der Waals surface area contributed by atoms with Crippen LogP contribution in [0.25, 0.3) is 0 Å². The minimum atomic E-state index is -0.240. The highest BCUT2D eigenvalue weighted by Gasteiger charge is 2.22. The molecule has 0 aromatic carbocycles. The highest BCUT2D eigenvalue weighted by Crippen LogP contribution is 2.24. The molecule has 2 rings (SSSR count). The van der Waals surface area contributed by atoms with Crippen LogP contribution in [0.4, 0.5) is 0 Å². The number of hydrogen-bond donors (Lipinski definition) is 3. The van der Waals surface area contributed by atoms with Gasteiger partial charge in [-0.1, -0.05) is 31.5 Å². The predicted octanol–water partition coefficient (Wildman–Crippen LogP) is 1.40. The minimum absolute atomic E-state index is 0.0199. The molecule has 1 aromatic heterocycles. The molecule has 23 heavy (non-hydrogen) atoms. The Bertz CT molecular complexity index is 603. The summed E-state index contributed by atoms with van der Waals surface area (Å²) >= 11 is 1.23. The number of thioether (sulfide) groups is 1. The maximum atomic E-state index is 12.1. The van der Waals surface area contributed by atoms with Gasteiger partial charge in [-0.25, -0.2) is 4.98 Å². The lowest BCUT2D eigenvalue weighted by Gasteiger charge is -2.29. The molecule has 1 aromatic rings. The van der Waals surface area contributed by atoms with Crippen molar-refractivity contribution in [3.05, 3.63) is 21.6 Å². The lowest BCUT2D eigenvalue weighted by atomic mass is 9.86. The molecule has 7 heteroatoms. The number of aliphatic hydroxyl groups is 1. The average molecular weight is 339 g/mol. The third-order valence-electron chi connectivity index (χ3n) is 4.36. The first-order chi connectivity index (χ1) is 11.0. The van der Waals surface area contributed by atoms with Crippen molar-refractivity contribution in [1.82, 2.24) is 15.3 Å². The maximum absolute atomic E-state index is 12.1. The average Bonchev–Trinajstić information content (AvgIpc) is 2.51. The highest BCUT2D eigenvalue weighted by molar-refractivity contribution is 7.99. The lowest BCUT2D eigenvalue weighted by molar-refractivity contribution is -0.119. The van der Waals surface area contributed by atoms with Crippen LogP contribution in [0.3, 0.4) is 0 Å². The molecular weight excluding hydrogens is 314 g/mol. The summed E-state index contributed by atoms with van der Waals surface area (Å²) in [4.78, 5) is 31.0. The van der Waals surface area contributed by atoms with Crippen molar-refractivity contribution < 1.29 is 9.90 Å². The number of nitrogens with zero attached hydrogens (tertiary/aromatic N) is 1. The van der Waals surface area contributed by atoms with Gasteiger partial charge in [0.05, 0.1) is 5.75 Å². The summed E-state index contributed by atoms with van der Waals surface area (Å²) in [5.41, 5.74) is 0.860. The van der Waals surface area contributed by atoms with E-state index in [1.807, 2.05) is 0 Å². The second-order valence-corrected chi connectivity index (χ2v) is 7.10. The minimum Gasteiger partial charge on any atom is -0.396 e. The molecule has 128 valence electrons. The standard InChI is InChI=1S/C16H25N3O3S/c1-10-5-3-4-6-13(10)18-14(21)9-23-16-17-11(2)12(7-8-20)15(22)19-16/h10,13,20H,3-9H2,1-2H3,(H,18,21)(H,17,19,22)/t10-,13-/m1/s1. The molecule has 0 aliphatic heterocycles. The number of rotatable bonds is 6. The van der Waals surface area contributed by atoms with Crippen molar-refractivity contribution >= 4 is 17.7 Å². The van der Waals surface area contributed by atoms with E-state index >= 15 is 0 Å². The molecular formula is C16H25N3O3S. The number of carbonyl (C=O) groups is 1. The topological polar surface area (TPSA) is 95.1 Å². The normalized spacial score (nSPS) is 21.2. The molecule has 3 N–H and O–H groups in total. The molecule has 0 unspecified atom stereocenters. The summed E-state index contributed by atoms with van der Waals surface area (Å²) in [5.74, 6) is 0.745. The number of aryl methyl sites for hydroxylation is 1. The third-order valence-corrected chi connectivity index (χ3v) is 5.23. The van der Waals surface area contributed by atoms with Crippen molar-refractivity contribution in [2.75, 3.05) is 12.4 Å². The van der Waals surface area contributed by atoms with Crippen LogP contribution in [-0.2, 0) is 11.2 Å². The van der Waals surface area contributed by atoms with Gasteiger partial charge in [-0.3, -0.25) is 9.59 Å². The zero-order chi connectivity index (χ0) is 16.8. The monoisotopic (exact) mass is 339 g/mol. The first kappa shape index (κ1) is 18.0. The van der Waals surface area contributed by atoms with Gasteiger partial charge in [0, 0.05) is 30.3 Å². The van der Waals surface area contributed by atoms with E-state index in [0.29, 0.717) is 28.8 Å². The molecule has 0 bridgehead atoms. The van der Waals surface area contributed by atoms with E-state index in [1.165, 1.54) is 31.0 Å². The highest BCUT2D eigenvalue weighted by atomic mass is 32.2.